The number of sulfone groups is 1. The Hall–Kier alpha value is -2.03. The second kappa shape index (κ2) is 10.7. The summed E-state index contributed by atoms with van der Waals surface area (Å²) in [7, 11) is 2.09. The highest BCUT2D eigenvalue weighted by Crippen LogP contribution is 2.07. The summed E-state index contributed by atoms with van der Waals surface area (Å²) in [6.07, 6.45) is 6.07. The quantitative estimate of drug-likeness (QED) is 0.374. The van der Waals surface area contributed by atoms with Crippen molar-refractivity contribution in [3.63, 3.8) is 0 Å². The molecule has 0 radical (unpaired) electrons. The average Bonchev–Trinajstić information content (AvgIpc) is 2.66. The first-order valence-electron chi connectivity index (χ1n) is 6.17. The molecule has 1 aliphatic rings. The summed E-state index contributed by atoms with van der Waals surface area (Å²) in [6, 6.07) is 0. The number of carbonyl (C=O) groups excluding carboxylic acids is 4. The van der Waals surface area contributed by atoms with Crippen molar-refractivity contribution in [1.29, 1.82) is 0 Å². The van der Waals surface area contributed by atoms with Gasteiger partial charge in [-0.05, 0) is 6.08 Å². The Morgan fingerprint density at radius 3 is 1.68 bits per heavy atom. The van der Waals surface area contributed by atoms with Gasteiger partial charge < -0.3 is 4.90 Å². The van der Waals surface area contributed by atoms with Crippen LogP contribution in [0.3, 0.4) is 0 Å². The fourth-order valence-electron chi connectivity index (χ4n) is 0.959. The second-order valence-corrected chi connectivity index (χ2v) is 7.00. The van der Waals surface area contributed by atoms with Gasteiger partial charge in [-0.25, -0.2) is 8.42 Å². The van der Waals surface area contributed by atoms with Gasteiger partial charge >= 0.3 is 0 Å². The molecule has 0 N–H and O–H groups in total. The first-order valence-corrected chi connectivity index (χ1v) is 8.47. The summed E-state index contributed by atoms with van der Waals surface area (Å²) < 4.78 is 19.3. The number of nitrogens with zero attached hydrogens (tertiary/aromatic N) is 2. The fraction of sp³-hybridized carbons (Fsp3) is 0.538. The topological polar surface area (TPSA) is 109 Å². The van der Waals surface area contributed by atoms with Gasteiger partial charge in [-0.2, -0.15) is 0 Å². The van der Waals surface area contributed by atoms with Gasteiger partial charge in [0.25, 0.3) is 0 Å². The van der Waals surface area contributed by atoms with Gasteiger partial charge in [-0.15, -0.1) is 0 Å². The van der Waals surface area contributed by atoms with E-state index < -0.39 is 9.84 Å². The van der Waals surface area contributed by atoms with Crippen molar-refractivity contribution in [2.24, 2.45) is 0 Å². The lowest BCUT2D eigenvalue weighted by Crippen LogP contribution is -2.23. The molecule has 1 saturated heterocycles. The summed E-state index contributed by atoms with van der Waals surface area (Å²) in [5.74, 6) is -0.299. The molecule has 9 heteroatoms. The van der Waals surface area contributed by atoms with E-state index in [-0.39, 0.29) is 17.7 Å². The molecule has 0 aromatic rings. The summed E-state index contributed by atoms with van der Waals surface area (Å²) >= 11 is 0. The Morgan fingerprint density at radius 1 is 1.14 bits per heavy atom. The number of hydrogen-bond acceptors (Lipinski definition) is 6. The fourth-order valence-corrected chi connectivity index (χ4v) is 0.959. The molecule has 1 fully saturated rings. The molecule has 8 nitrogen and oxygen atoms in total. The van der Waals surface area contributed by atoms with E-state index in [9.17, 15) is 27.6 Å². The van der Waals surface area contributed by atoms with Crippen LogP contribution < -0.4 is 0 Å². The van der Waals surface area contributed by atoms with E-state index in [0.29, 0.717) is 19.1 Å². The van der Waals surface area contributed by atoms with Crippen LogP contribution in [0, 0.1) is 0 Å². The largest absolute Gasteiger partial charge is 0.345 e. The highest BCUT2D eigenvalue weighted by molar-refractivity contribution is 7.89. The minimum atomic E-state index is -2.67. The van der Waals surface area contributed by atoms with Gasteiger partial charge in [-0.1, -0.05) is 0 Å². The SMILES string of the molecule is CN(C)C(=O)/C=C\C=O.CN1C(=O)CCC1=O.CS(C)(=O)=O. The van der Waals surface area contributed by atoms with Gasteiger partial charge in [0.2, 0.25) is 17.7 Å². The molecule has 0 aromatic heterocycles. The average molecular weight is 334 g/mol. The van der Waals surface area contributed by atoms with E-state index in [2.05, 4.69) is 0 Å². The van der Waals surface area contributed by atoms with Gasteiger partial charge in [0.05, 0.1) is 0 Å². The lowest BCUT2D eigenvalue weighted by Gasteiger charge is -2.03. The molecule has 1 heterocycles. The van der Waals surface area contributed by atoms with E-state index >= 15 is 0 Å². The van der Waals surface area contributed by atoms with E-state index in [4.69, 9.17) is 0 Å². The first kappa shape index (κ1) is 22.3. The molecule has 22 heavy (non-hydrogen) atoms. The van der Waals surface area contributed by atoms with Crippen LogP contribution in [0.2, 0.25) is 0 Å². The number of likely N-dealkylation sites (tertiary alicyclic amines) is 1. The monoisotopic (exact) mass is 334 g/mol. The molecule has 3 amide bonds. The maximum absolute atomic E-state index is 10.6. The number of hydrogen-bond donors (Lipinski definition) is 0. The number of amides is 3. The lowest BCUT2D eigenvalue weighted by atomic mass is 10.4. The van der Waals surface area contributed by atoms with Crippen LogP contribution in [0.25, 0.3) is 0 Å². The number of carbonyl (C=O) groups is 4. The highest BCUT2D eigenvalue weighted by atomic mass is 32.2. The zero-order valence-corrected chi connectivity index (χ0v) is 14.2. The van der Waals surface area contributed by atoms with E-state index in [1.165, 1.54) is 29.0 Å². The molecule has 0 atom stereocenters. The van der Waals surface area contributed by atoms with Crippen LogP contribution in [-0.2, 0) is 29.0 Å². The maximum atomic E-state index is 10.6. The zero-order valence-electron chi connectivity index (χ0n) is 13.4. The normalized spacial score (nSPS) is 14.0. The highest BCUT2D eigenvalue weighted by Gasteiger charge is 2.24. The van der Waals surface area contributed by atoms with E-state index in [0.717, 1.165) is 12.5 Å². The van der Waals surface area contributed by atoms with Gasteiger partial charge in [-0.3, -0.25) is 24.1 Å². The van der Waals surface area contributed by atoms with E-state index in [1.54, 1.807) is 14.1 Å². The van der Waals surface area contributed by atoms with Crippen molar-refractivity contribution in [2.45, 2.75) is 12.8 Å². The number of rotatable bonds is 2. The molecule has 1 rings (SSSR count). The van der Waals surface area contributed by atoms with Crippen LogP contribution in [-0.4, -0.2) is 75.9 Å². The van der Waals surface area contributed by atoms with Crippen molar-refractivity contribution in [1.82, 2.24) is 9.80 Å². The van der Waals surface area contributed by atoms with Crippen LogP contribution in [0.1, 0.15) is 12.8 Å². The molecular weight excluding hydrogens is 312 g/mol. The molecule has 0 aromatic carbocycles. The van der Waals surface area contributed by atoms with Crippen molar-refractivity contribution >= 4 is 33.8 Å². The second-order valence-electron chi connectivity index (χ2n) is 4.72. The third kappa shape index (κ3) is 14.4. The van der Waals surface area contributed by atoms with E-state index in [1.807, 2.05) is 0 Å². The lowest BCUT2D eigenvalue weighted by molar-refractivity contribution is -0.136. The van der Waals surface area contributed by atoms with Gasteiger partial charge in [0.1, 0.15) is 16.1 Å². The molecule has 1 aliphatic heterocycles. The standard InChI is InChI=1S/C6H9NO2.C5H7NO2.C2H6O2S/c1-7(2)6(9)4-3-5-8;1-6-4(7)2-3-5(6)8;1-5(2,3)4/h3-5H,1-2H3;2-3H2,1H3;1-2H3/b4-3-;;. The Balaban J connectivity index is 0. The summed E-state index contributed by atoms with van der Waals surface area (Å²) in [5, 5.41) is 0. The minimum Gasteiger partial charge on any atom is -0.345 e. The van der Waals surface area contributed by atoms with Crippen molar-refractivity contribution in [2.75, 3.05) is 33.7 Å². The van der Waals surface area contributed by atoms with Crippen LogP contribution in [0.15, 0.2) is 12.2 Å². The van der Waals surface area contributed by atoms with Crippen LogP contribution in [0.4, 0.5) is 0 Å². The van der Waals surface area contributed by atoms with Crippen molar-refractivity contribution in [3.8, 4) is 0 Å². The molecule has 0 bridgehead atoms. The third-order valence-corrected chi connectivity index (χ3v) is 2.06. The number of allylic oxidation sites excluding steroid dienone is 1. The smallest absolute Gasteiger partial charge is 0.246 e. The maximum Gasteiger partial charge on any atom is 0.246 e. The summed E-state index contributed by atoms with van der Waals surface area (Å²) in [5.41, 5.74) is 0. The number of likely N-dealkylation sites (N-methyl/N-ethyl adjacent to an activating group) is 1. The number of aldehydes is 1. The Morgan fingerprint density at radius 2 is 1.50 bits per heavy atom. The zero-order chi connectivity index (χ0) is 17.9. The predicted molar refractivity (Wildman–Crippen MR) is 81.7 cm³/mol. The summed E-state index contributed by atoms with van der Waals surface area (Å²) in [4.78, 5) is 43.8. The molecule has 0 unspecified atom stereocenters. The molecule has 0 saturated carbocycles. The predicted octanol–water partition coefficient (Wildman–Crippen LogP) is -0.744. The Kier molecular flexibility index (Phi) is 10.8. The third-order valence-electron chi connectivity index (χ3n) is 2.06. The van der Waals surface area contributed by atoms with Gasteiger partial charge in [0.15, 0.2) is 0 Å². The van der Waals surface area contributed by atoms with Crippen LogP contribution >= 0.6 is 0 Å². The molecule has 0 aliphatic carbocycles. The molecule has 126 valence electrons. The van der Waals surface area contributed by atoms with Crippen LogP contribution in [0.5, 0.6) is 0 Å². The van der Waals surface area contributed by atoms with Gasteiger partial charge in [0, 0.05) is 52.6 Å². The molecular formula is C13H22N2O6S. The Bertz CT molecular complexity index is 513. The molecule has 0 spiro atoms. The number of imide groups is 1. The summed E-state index contributed by atoms with van der Waals surface area (Å²) in [6.45, 7) is 0. The minimum absolute atomic E-state index is 0.0602. The van der Waals surface area contributed by atoms with Crippen molar-refractivity contribution < 1.29 is 27.6 Å². The Labute approximate surface area is 130 Å². The first-order chi connectivity index (χ1) is 9.90. The van der Waals surface area contributed by atoms with Crippen molar-refractivity contribution in [3.05, 3.63) is 12.2 Å².